The van der Waals surface area contributed by atoms with Crippen molar-refractivity contribution in [1.82, 2.24) is 9.97 Å². The first-order chi connectivity index (χ1) is 14.5. The fourth-order valence-corrected chi connectivity index (χ4v) is 4.22. The van der Waals surface area contributed by atoms with Crippen molar-refractivity contribution in [2.45, 2.75) is 33.0 Å². The summed E-state index contributed by atoms with van der Waals surface area (Å²) in [4.78, 5) is 20.8. The molecule has 2 aromatic heterocycles. The molecule has 152 valence electrons. The highest BCUT2D eigenvalue weighted by molar-refractivity contribution is 6.07. The number of aromatic nitrogens is 2. The molecule has 1 aliphatic heterocycles. The molecule has 3 heterocycles. The minimum absolute atomic E-state index is 0.0637. The smallest absolute Gasteiger partial charge is 0.266 e. The van der Waals surface area contributed by atoms with Crippen LogP contribution in [0.3, 0.4) is 0 Å². The Bertz CT molecular complexity index is 1120. The lowest BCUT2D eigenvalue weighted by molar-refractivity contribution is -0.0245. The Morgan fingerprint density at radius 3 is 2.63 bits per heavy atom. The van der Waals surface area contributed by atoms with Crippen molar-refractivity contribution < 1.29 is 14.3 Å². The topological polar surface area (TPSA) is 76.2 Å². The Morgan fingerprint density at radius 2 is 1.87 bits per heavy atom. The van der Waals surface area contributed by atoms with Gasteiger partial charge in [0.15, 0.2) is 5.78 Å². The van der Waals surface area contributed by atoms with E-state index in [1.807, 2.05) is 36.4 Å². The third-order valence-corrected chi connectivity index (χ3v) is 5.51. The van der Waals surface area contributed by atoms with Crippen LogP contribution in [-0.4, -0.2) is 15.8 Å². The molecule has 0 atom stereocenters. The van der Waals surface area contributed by atoms with E-state index in [1.54, 1.807) is 12.4 Å². The maximum Gasteiger partial charge on any atom is 0.266 e. The van der Waals surface area contributed by atoms with Gasteiger partial charge in [-0.3, -0.25) is 9.78 Å². The number of fused-ring (bicyclic) bond motifs is 1. The molecule has 0 fully saturated rings. The van der Waals surface area contributed by atoms with Crippen LogP contribution < -0.4 is 5.32 Å². The number of benzene rings is 1. The summed E-state index contributed by atoms with van der Waals surface area (Å²) in [6.45, 7) is 4.26. The molecule has 6 heteroatoms. The van der Waals surface area contributed by atoms with Crippen molar-refractivity contribution in [3.8, 4) is 11.3 Å². The first kappa shape index (κ1) is 18.5. The first-order valence-electron chi connectivity index (χ1n) is 10.0. The quantitative estimate of drug-likeness (QED) is 0.604. The summed E-state index contributed by atoms with van der Waals surface area (Å²) >= 11 is 0. The Morgan fingerprint density at radius 1 is 1.10 bits per heavy atom. The zero-order chi connectivity index (χ0) is 20.7. The summed E-state index contributed by atoms with van der Waals surface area (Å²) in [5.41, 5.74) is 6.11. The van der Waals surface area contributed by atoms with E-state index >= 15 is 0 Å². The van der Waals surface area contributed by atoms with Crippen molar-refractivity contribution in [2.75, 3.05) is 5.32 Å². The maximum absolute atomic E-state index is 13.1. The van der Waals surface area contributed by atoms with E-state index in [-0.39, 0.29) is 11.2 Å². The SMILES string of the molecule is CC1(C)CC(=O)c2c([nH]c(-c3ccncc3)c2Nc2cccc(C3OC=CO3)c2)C1. The molecule has 0 unspecified atom stereocenters. The van der Waals surface area contributed by atoms with Crippen LogP contribution in [0, 0.1) is 5.41 Å². The third kappa shape index (κ3) is 3.34. The Hall–Kier alpha value is -3.54. The molecule has 2 aliphatic rings. The Balaban J connectivity index is 1.58. The van der Waals surface area contributed by atoms with Crippen LogP contribution in [0.2, 0.25) is 0 Å². The highest BCUT2D eigenvalue weighted by Crippen LogP contribution is 2.43. The minimum atomic E-state index is -0.450. The molecule has 0 amide bonds. The molecular weight excluding hydrogens is 378 g/mol. The first-order valence-corrected chi connectivity index (χ1v) is 10.0. The van der Waals surface area contributed by atoms with E-state index in [9.17, 15) is 4.79 Å². The van der Waals surface area contributed by atoms with Crippen LogP contribution in [0.5, 0.6) is 0 Å². The number of hydrogen-bond acceptors (Lipinski definition) is 5. The summed E-state index contributed by atoms with van der Waals surface area (Å²) in [5, 5.41) is 3.50. The number of pyridine rings is 1. The maximum atomic E-state index is 13.1. The molecular formula is C24H23N3O3. The molecule has 5 rings (SSSR count). The summed E-state index contributed by atoms with van der Waals surface area (Å²) in [6.07, 6.45) is 7.49. The van der Waals surface area contributed by atoms with E-state index in [0.29, 0.717) is 6.42 Å². The summed E-state index contributed by atoms with van der Waals surface area (Å²) < 4.78 is 10.9. The number of hydrogen-bond donors (Lipinski definition) is 2. The van der Waals surface area contributed by atoms with Gasteiger partial charge in [-0.1, -0.05) is 26.0 Å². The van der Waals surface area contributed by atoms with Gasteiger partial charge in [0.25, 0.3) is 6.29 Å². The van der Waals surface area contributed by atoms with E-state index in [0.717, 1.165) is 45.9 Å². The predicted octanol–water partition coefficient (Wildman–Crippen LogP) is 5.49. The highest BCUT2D eigenvalue weighted by atomic mass is 16.7. The van der Waals surface area contributed by atoms with Gasteiger partial charge in [0.2, 0.25) is 0 Å². The molecule has 0 radical (unpaired) electrons. The van der Waals surface area contributed by atoms with Crippen molar-refractivity contribution in [3.05, 3.63) is 78.1 Å². The molecule has 0 spiro atoms. The Kier molecular flexibility index (Phi) is 4.35. The number of ketones is 1. The van der Waals surface area contributed by atoms with Crippen LogP contribution in [0.4, 0.5) is 11.4 Å². The average Bonchev–Trinajstić information content (AvgIpc) is 3.37. The van der Waals surface area contributed by atoms with Crippen LogP contribution in [0.15, 0.2) is 61.3 Å². The molecule has 2 N–H and O–H groups in total. The van der Waals surface area contributed by atoms with E-state index in [4.69, 9.17) is 9.47 Å². The fraction of sp³-hybridized carbons (Fsp3) is 0.250. The Labute approximate surface area is 174 Å². The van der Waals surface area contributed by atoms with Gasteiger partial charge < -0.3 is 19.8 Å². The minimum Gasteiger partial charge on any atom is -0.455 e. The molecule has 1 aromatic carbocycles. The molecule has 0 saturated heterocycles. The number of ether oxygens (including phenoxy) is 2. The summed E-state index contributed by atoms with van der Waals surface area (Å²) in [5.74, 6) is 0.156. The van der Waals surface area contributed by atoms with Gasteiger partial charge in [-0.2, -0.15) is 0 Å². The molecule has 6 nitrogen and oxygen atoms in total. The summed E-state index contributed by atoms with van der Waals surface area (Å²) in [7, 11) is 0. The lowest BCUT2D eigenvalue weighted by atomic mass is 9.76. The van der Waals surface area contributed by atoms with Gasteiger partial charge in [0, 0.05) is 41.3 Å². The van der Waals surface area contributed by atoms with Crippen LogP contribution in [0.1, 0.15) is 48.2 Å². The highest BCUT2D eigenvalue weighted by Gasteiger charge is 2.35. The molecule has 0 bridgehead atoms. The summed E-state index contributed by atoms with van der Waals surface area (Å²) in [6, 6.07) is 11.7. The number of nitrogens with zero attached hydrogens (tertiary/aromatic N) is 1. The van der Waals surface area contributed by atoms with Gasteiger partial charge in [0.1, 0.15) is 12.5 Å². The van der Waals surface area contributed by atoms with Crippen molar-refractivity contribution >= 4 is 17.2 Å². The molecule has 30 heavy (non-hydrogen) atoms. The molecule has 0 saturated carbocycles. The number of carbonyl (C=O) groups excluding carboxylic acids is 1. The van der Waals surface area contributed by atoms with Crippen molar-refractivity contribution in [2.24, 2.45) is 5.41 Å². The lowest BCUT2D eigenvalue weighted by Gasteiger charge is -2.28. The van der Waals surface area contributed by atoms with Gasteiger partial charge >= 0.3 is 0 Å². The normalized spacial score (nSPS) is 17.3. The molecule has 3 aromatic rings. The number of H-pyrrole nitrogens is 1. The van der Waals surface area contributed by atoms with Gasteiger partial charge in [-0.25, -0.2) is 0 Å². The third-order valence-electron chi connectivity index (χ3n) is 5.51. The average molecular weight is 401 g/mol. The standard InChI is InChI=1S/C24H23N3O3/c1-24(2)13-18-20(19(28)14-24)22(21(27-18)15-6-8-25-9-7-15)26-17-5-3-4-16(12-17)23-29-10-11-30-23/h3-12,23,26-27H,13-14H2,1-2H3. The fourth-order valence-electron chi connectivity index (χ4n) is 4.22. The lowest BCUT2D eigenvalue weighted by Crippen LogP contribution is -2.26. The van der Waals surface area contributed by atoms with Crippen molar-refractivity contribution in [1.29, 1.82) is 0 Å². The number of rotatable bonds is 4. The van der Waals surface area contributed by atoms with Crippen molar-refractivity contribution in [3.63, 3.8) is 0 Å². The van der Waals surface area contributed by atoms with Crippen LogP contribution in [-0.2, 0) is 15.9 Å². The largest absolute Gasteiger partial charge is 0.455 e. The van der Waals surface area contributed by atoms with Gasteiger partial charge in [-0.05, 0) is 36.1 Å². The van der Waals surface area contributed by atoms with E-state index in [1.165, 1.54) is 12.5 Å². The number of carbonyl (C=O) groups is 1. The zero-order valence-corrected chi connectivity index (χ0v) is 16.9. The number of Topliss-reactive ketones (excluding diaryl/α,β-unsaturated/α-hetero) is 1. The van der Waals surface area contributed by atoms with Gasteiger partial charge in [-0.15, -0.1) is 0 Å². The van der Waals surface area contributed by atoms with Crippen LogP contribution >= 0.6 is 0 Å². The second kappa shape index (κ2) is 7.06. The monoisotopic (exact) mass is 401 g/mol. The molecule has 1 aliphatic carbocycles. The zero-order valence-electron chi connectivity index (χ0n) is 16.9. The number of aromatic amines is 1. The van der Waals surface area contributed by atoms with E-state index < -0.39 is 6.29 Å². The predicted molar refractivity (Wildman–Crippen MR) is 114 cm³/mol. The van der Waals surface area contributed by atoms with E-state index in [2.05, 4.69) is 29.1 Å². The number of nitrogens with one attached hydrogen (secondary N) is 2. The second-order valence-corrected chi connectivity index (χ2v) is 8.53. The van der Waals surface area contributed by atoms with Crippen LogP contribution in [0.25, 0.3) is 11.3 Å². The second-order valence-electron chi connectivity index (χ2n) is 8.53. The van der Waals surface area contributed by atoms with Gasteiger partial charge in [0.05, 0.1) is 16.9 Å². The number of anilines is 2.